The molecule has 0 aromatic rings. The number of hydrogen-bond donors (Lipinski definition) is 8. The Labute approximate surface area is 191 Å². The zero-order chi connectivity index (χ0) is 25.7. The van der Waals surface area contributed by atoms with Crippen LogP contribution in [0.4, 0.5) is 0 Å². The van der Waals surface area contributed by atoms with Crippen molar-refractivity contribution in [3.63, 3.8) is 0 Å². The van der Waals surface area contributed by atoms with Crippen LogP contribution in [0.1, 0.15) is 46.5 Å². The molecular formula is C19H35N7O7. The van der Waals surface area contributed by atoms with Crippen LogP contribution < -0.4 is 33.2 Å². The van der Waals surface area contributed by atoms with Crippen LogP contribution in [0.3, 0.4) is 0 Å². The Morgan fingerprint density at radius 1 is 0.879 bits per heavy atom. The summed E-state index contributed by atoms with van der Waals surface area (Å²) < 4.78 is 0. The Hall–Kier alpha value is -3.42. The molecule has 0 aliphatic heterocycles. The number of rotatable bonds is 15. The molecule has 0 saturated carbocycles. The Kier molecular flexibility index (Phi) is 13.1. The van der Waals surface area contributed by atoms with E-state index < -0.39 is 66.2 Å². The molecule has 0 heterocycles. The summed E-state index contributed by atoms with van der Waals surface area (Å²) in [4.78, 5) is 63.2. The van der Waals surface area contributed by atoms with Crippen LogP contribution in [-0.4, -0.2) is 76.5 Å². The molecule has 4 atom stereocenters. The molecule has 33 heavy (non-hydrogen) atoms. The fourth-order valence-electron chi connectivity index (χ4n) is 2.64. The minimum absolute atomic E-state index is 0.0975. The highest BCUT2D eigenvalue weighted by Gasteiger charge is 2.29. The van der Waals surface area contributed by atoms with Gasteiger partial charge in [-0.05, 0) is 32.1 Å². The molecule has 0 bridgehead atoms. The van der Waals surface area contributed by atoms with E-state index in [9.17, 15) is 29.1 Å². The number of aliphatic imine (C=N–C) groups is 1. The van der Waals surface area contributed by atoms with Gasteiger partial charge in [0.15, 0.2) is 5.96 Å². The molecule has 14 nitrogen and oxygen atoms in total. The number of carbonyl (C=O) groups is 5. The molecule has 4 unspecified atom stereocenters. The van der Waals surface area contributed by atoms with E-state index in [-0.39, 0.29) is 25.3 Å². The second kappa shape index (κ2) is 14.6. The van der Waals surface area contributed by atoms with Gasteiger partial charge in [-0.25, -0.2) is 4.79 Å². The van der Waals surface area contributed by atoms with Crippen molar-refractivity contribution in [1.82, 2.24) is 16.0 Å². The molecule has 0 aromatic carbocycles. The van der Waals surface area contributed by atoms with Crippen molar-refractivity contribution >= 4 is 35.6 Å². The van der Waals surface area contributed by atoms with E-state index in [0.717, 1.165) is 0 Å². The molecule has 0 saturated heterocycles. The van der Waals surface area contributed by atoms with Crippen molar-refractivity contribution in [2.24, 2.45) is 28.1 Å². The van der Waals surface area contributed by atoms with Crippen LogP contribution in [0.5, 0.6) is 0 Å². The van der Waals surface area contributed by atoms with Gasteiger partial charge >= 0.3 is 11.9 Å². The smallest absolute Gasteiger partial charge is 0.326 e. The lowest BCUT2D eigenvalue weighted by Gasteiger charge is -2.24. The minimum atomic E-state index is -1.27. The summed E-state index contributed by atoms with van der Waals surface area (Å²) in [7, 11) is 0. The summed E-state index contributed by atoms with van der Waals surface area (Å²) in [5.41, 5.74) is 16.2. The van der Waals surface area contributed by atoms with Crippen LogP contribution in [0.15, 0.2) is 4.99 Å². The monoisotopic (exact) mass is 473 g/mol. The number of nitrogens with two attached hydrogens (primary N) is 3. The van der Waals surface area contributed by atoms with E-state index in [0.29, 0.717) is 6.42 Å². The standard InChI is InChI=1S/C19H35N7O7/c1-9(2)14(18(32)33)26-15(29)10(3)24-17(31)12(6-7-13(27)28)25-16(30)11(20)5-4-8-23-19(21)22/h9-12,14H,4-8,20H2,1-3H3,(H,24,31)(H,25,30)(H,26,29)(H,27,28)(H,32,33)(H4,21,22,23). The van der Waals surface area contributed by atoms with Gasteiger partial charge in [0.1, 0.15) is 18.1 Å². The van der Waals surface area contributed by atoms with Gasteiger partial charge in [0.25, 0.3) is 0 Å². The predicted molar refractivity (Wildman–Crippen MR) is 119 cm³/mol. The van der Waals surface area contributed by atoms with Gasteiger partial charge in [0, 0.05) is 13.0 Å². The summed E-state index contributed by atoms with van der Waals surface area (Å²) in [5, 5.41) is 25.2. The summed E-state index contributed by atoms with van der Waals surface area (Å²) in [6.07, 6.45) is -0.0600. The first kappa shape index (κ1) is 29.6. The van der Waals surface area contributed by atoms with Gasteiger partial charge in [-0.3, -0.25) is 24.2 Å². The van der Waals surface area contributed by atoms with E-state index >= 15 is 0 Å². The van der Waals surface area contributed by atoms with Crippen molar-refractivity contribution in [3.05, 3.63) is 0 Å². The first-order chi connectivity index (χ1) is 15.3. The number of amides is 3. The Balaban J connectivity index is 5.07. The van der Waals surface area contributed by atoms with Crippen LogP contribution in [0, 0.1) is 5.92 Å². The van der Waals surface area contributed by atoms with Crippen LogP contribution >= 0.6 is 0 Å². The maximum atomic E-state index is 12.6. The lowest BCUT2D eigenvalue weighted by atomic mass is 10.0. The van der Waals surface area contributed by atoms with E-state index in [1.807, 2.05) is 0 Å². The summed E-state index contributed by atoms with van der Waals surface area (Å²) in [6.45, 7) is 4.81. The molecule has 0 rings (SSSR count). The highest BCUT2D eigenvalue weighted by Crippen LogP contribution is 2.04. The van der Waals surface area contributed by atoms with Crippen molar-refractivity contribution in [3.8, 4) is 0 Å². The lowest BCUT2D eigenvalue weighted by Crippen LogP contribution is -2.56. The number of carbonyl (C=O) groups excluding carboxylic acids is 3. The predicted octanol–water partition coefficient (Wildman–Crippen LogP) is -2.55. The zero-order valence-electron chi connectivity index (χ0n) is 19.0. The Morgan fingerprint density at radius 3 is 1.97 bits per heavy atom. The van der Waals surface area contributed by atoms with Gasteiger partial charge in [0.2, 0.25) is 17.7 Å². The average molecular weight is 474 g/mol. The number of aliphatic carboxylic acids is 2. The molecule has 0 radical (unpaired) electrons. The Bertz CT molecular complexity index is 738. The molecule has 14 heteroatoms. The molecule has 0 spiro atoms. The van der Waals surface area contributed by atoms with E-state index in [1.165, 1.54) is 6.92 Å². The maximum Gasteiger partial charge on any atom is 0.326 e. The fraction of sp³-hybridized carbons (Fsp3) is 0.684. The maximum absolute atomic E-state index is 12.6. The van der Waals surface area contributed by atoms with Crippen molar-refractivity contribution < 1.29 is 34.2 Å². The molecule has 0 aliphatic carbocycles. The van der Waals surface area contributed by atoms with Crippen LogP contribution in [0.25, 0.3) is 0 Å². The first-order valence-electron chi connectivity index (χ1n) is 10.4. The molecule has 188 valence electrons. The topological polar surface area (TPSA) is 252 Å². The molecule has 0 aromatic heterocycles. The van der Waals surface area contributed by atoms with Gasteiger partial charge < -0.3 is 43.4 Å². The third-order valence-corrected chi connectivity index (χ3v) is 4.57. The second-order valence-electron chi connectivity index (χ2n) is 7.85. The number of nitrogens with zero attached hydrogens (tertiary/aromatic N) is 1. The minimum Gasteiger partial charge on any atom is -0.481 e. The van der Waals surface area contributed by atoms with Crippen LogP contribution in [0.2, 0.25) is 0 Å². The van der Waals surface area contributed by atoms with Crippen molar-refractivity contribution in [1.29, 1.82) is 0 Å². The first-order valence-corrected chi connectivity index (χ1v) is 10.4. The van der Waals surface area contributed by atoms with E-state index in [4.69, 9.17) is 22.3 Å². The Morgan fingerprint density at radius 2 is 1.48 bits per heavy atom. The third-order valence-electron chi connectivity index (χ3n) is 4.57. The number of carboxylic acid groups (broad SMARTS) is 2. The van der Waals surface area contributed by atoms with Gasteiger partial charge in [-0.1, -0.05) is 13.8 Å². The molecule has 0 aliphatic rings. The fourth-order valence-corrected chi connectivity index (χ4v) is 2.64. The number of guanidine groups is 1. The summed E-state index contributed by atoms with van der Waals surface area (Å²) in [5.74, 6) is -5.15. The largest absolute Gasteiger partial charge is 0.481 e. The molecular weight excluding hydrogens is 438 g/mol. The number of nitrogens with one attached hydrogen (secondary N) is 3. The van der Waals surface area contributed by atoms with Gasteiger partial charge in [-0.15, -0.1) is 0 Å². The number of hydrogen-bond acceptors (Lipinski definition) is 7. The highest BCUT2D eigenvalue weighted by molar-refractivity contribution is 5.94. The van der Waals surface area contributed by atoms with Crippen LogP contribution in [-0.2, 0) is 24.0 Å². The highest BCUT2D eigenvalue weighted by atomic mass is 16.4. The van der Waals surface area contributed by atoms with Crippen molar-refractivity contribution in [2.45, 2.75) is 70.6 Å². The molecule has 0 fully saturated rings. The molecule has 3 amide bonds. The third kappa shape index (κ3) is 12.3. The summed E-state index contributed by atoms with van der Waals surface area (Å²) >= 11 is 0. The van der Waals surface area contributed by atoms with Gasteiger partial charge in [0.05, 0.1) is 6.04 Å². The van der Waals surface area contributed by atoms with E-state index in [2.05, 4.69) is 20.9 Å². The SMILES string of the molecule is CC(NC(=O)C(CCC(=O)O)NC(=O)C(N)CCCN=C(N)N)C(=O)NC(C(=O)O)C(C)C. The van der Waals surface area contributed by atoms with Gasteiger partial charge in [-0.2, -0.15) is 0 Å². The second-order valence-corrected chi connectivity index (χ2v) is 7.85. The van der Waals surface area contributed by atoms with Crippen molar-refractivity contribution in [2.75, 3.05) is 6.54 Å². The molecule has 11 N–H and O–H groups in total. The quantitative estimate of drug-likeness (QED) is 0.0701. The average Bonchev–Trinajstić information content (AvgIpc) is 2.70. The van der Waals surface area contributed by atoms with E-state index in [1.54, 1.807) is 13.8 Å². The number of carboxylic acids is 2. The summed E-state index contributed by atoms with van der Waals surface area (Å²) in [6, 6.07) is -4.57. The normalized spacial score (nSPS) is 14.3. The zero-order valence-corrected chi connectivity index (χ0v) is 19.0. The lowest BCUT2D eigenvalue weighted by molar-refractivity contribution is -0.143.